The van der Waals surface area contributed by atoms with Crippen LogP contribution in [0.1, 0.15) is 90.9 Å². The highest BCUT2D eigenvalue weighted by atomic mass is 17.2. The molecule has 1 aliphatic rings. The number of hydrogen-bond donors (Lipinski definition) is 0. The molecule has 2 nitrogen and oxygen atoms in total. The minimum atomic E-state index is 0.0140. The molecule has 0 bridgehead atoms. The summed E-state index contributed by atoms with van der Waals surface area (Å²) in [5, 5.41) is 0. The maximum Gasteiger partial charge on any atom is 0.103 e. The van der Waals surface area contributed by atoms with Gasteiger partial charge in [0.1, 0.15) is 5.60 Å². The molecule has 1 rings (SSSR count). The van der Waals surface area contributed by atoms with Gasteiger partial charge in [-0.05, 0) is 13.3 Å². The van der Waals surface area contributed by atoms with Gasteiger partial charge >= 0.3 is 0 Å². The van der Waals surface area contributed by atoms with Gasteiger partial charge in [-0.1, -0.05) is 71.1 Å². The molecule has 1 unspecified atom stereocenters. The molecule has 0 N–H and O–H groups in total. The van der Waals surface area contributed by atoms with E-state index < -0.39 is 0 Å². The molecule has 0 amide bonds. The van der Waals surface area contributed by atoms with Crippen LogP contribution in [-0.4, -0.2) is 12.2 Å². The van der Waals surface area contributed by atoms with E-state index in [1.54, 1.807) is 0 Å². The molecule has 1 aliphatic heterocycles. The van der Waals surface area contributed by atoms with Crippen molar-refractivity contribution >= 4 is 0 Å². The summed E-state index contributed by atoms with van der Waals surface area (Å²) in [5.74, 6) is 0. The van der Waals surface area contributed by atoms with E-state index in [0.717, 1.165) is 19.4 Å². The van der Waals surface area contributed by atoms with Gasteiger partial charge in [-0.15, -0.1) is 0 Å². The van der Waals surface area contributed by atoms with Crippen LogP contribution in [0.25, 0.3) is 0 Å². The van der Waals surface area contributed by atoms with Crippen LogP contribution in [0.4, 0.5) is 0 Å². The van der Waals surface area contributed by atoms with Gasteiger partial charge < -0.3 is 0 Å². The van der Waals surface area contributed by atoms with Crippen LogP contribution in [0.5, 0.6) is 0 Å². The van der Waals surface area contributed by atoms with Gasteiger partial charge in [0.25, 0.3) is 0 Å². The molecule has 0 radical (unpaired) electrons. The second kappa shape index (κ2) is 9.80. The standard InChI is InChI=1S/C16H32O2/c1-3-4-5-6-7-8-9-10-11-12-13-16(2)14-15-17-18-16/h3-15H2,1-2H3. The van der Waals surface area contributed by atoms with Crippen LogP contribution in [0.3, 0.4) is 0 Å². The van der Waals surface area contributed by atoms with E-state index in [9.17, 15) is 0 Å². The van der Waals surface area contributed by atoms with Crippen molar-refractivity contribution in [2.75, 3.05) is 6.61 Å². The summed E-state index contributed by atoms with van der Waals surface area (Å²) in [6.07, 6.45) is 16.2. The van der Waals surface area contributed by atoms with Gasteiger partial charge in [-0.25, -0.2) is 9.78 Å². The zero-order chi connectivity index (χ0) is 13.1. The van der Waals surface area contributed by atoms with Crippen LogP contribution in [0, 0.1) is 0 Å². The van der Waals surface area contributed by atoms with Gasteiger partial charge in [-0.3, -0.25) is 0 Å². The van der Waals surface area contributed by atoms with Crippen LogP contribution >= 0.6 is 0 Å². The fourth-order valence-electron chi connectivity index (χ4n) is 2.64. The van der Waals surface area contributed by atoms with Crippen molar-refractivity contribution in [2.24, 2.45) is 0 Å². The van der Waals surface area contributed by atoms with E-state index >= 15 is 0 Å². The second-order valence-corrected chi connectivity index (χ2v) is 6.04. The molecule has 0 aromatic carbocycles. The maximum atomic E-state index is 5.32. The Kier molecular flexibility index (Phi) is 8.70. The highest BCUT2D eigenvalue weighted by Crippen LogP contribution is 2.28. The van der Waals surface area contributed by atoms with E-state index in [1.165, 1.54) is 64.2 Å². The molecule has 1 saturated heterocycles. The molecule has 1 atom stereocenters. The molecule has 0 spiro atoms. The highest BCUT2D eigenvalue weighted by Gasteiger charge is 2.30. The van der Waals surface area contributed by atoms with Crippen LogP contribution in [0.2, 0.25) is 0 Å². The summed E-state index contributed by atoms with van der Waals surface area (Å²) in [4.78, 5) is 10.3. The zero-order valence-electron chi connectivity index (χ0n) is 12.5. The number of hydrogen-bond acceptors (Lipinski definition) is 2. The molecule has 108 valence electrons. The highest BCUT2D eigenvalue weighted by molar-refractivity contribution is 4.75. The summed E-state index contributed by atoms with van der Waals surface area (Å²) in [5.41, 5.74) is 0.0140. The lowest BCUT2D eigenvalue weighted by atomic mass is 9.95. The lowest BCUT2D eigenvalue weighted by Crippen LogP contribution is -2.22. The van der Waals surface area contributed by atoms with Crippen LogP contribution in [0.15, 0.2) is 0 Å². The number of rotatable bonds is 11. The normalized spacial score (nSPS) is 23.7. The SMILES string of the molecule is CCCCCCCCCCCCC1(C)CCOO1. The Morgan fingerprint density at radius 2 is 1.39 bits per heavy atom. The third-order valence-electron chi connectivity index (χ3n) is 4.03. The summed E-state index contributed by atoms with van der Waals surface area (Å²) in [7, 11) is 0. The summed E-state index contributed by atoms with van der Waals surface area (Å²) in [6.45, 7) is 5.22. The Bertz CT molecular complexity index is 186. The van der Waals surface area contributed by atoms with Crippen molar-refractivity contribution in [1.29, 1.82) is 0 Å². The molecule has 1 fully saturated rings. The largest absolute Gasteiger partial charge is 0.236 e. The van der Waals surface area contributed by atoms with Gasteiger partial charge in [0.05, 0.1) is 6.61 Å². The van der Waals surface area contributed by atoms with Gasteiger partial charge in [0.2, 0.25) is 0 Å². The second-order valence-electron chi connectivity index (χ2n) is 6.04. The molecular weight excluding hydrogens is 224 g/mol. The summed E-state index contributed by atoms with van der Waals surface area (Å²) in [6, 6.07) is 0. The molecule has 0 saturated carbocycles. The topological polar surface area (TPSA) is 18.5 Å². The first-order valence-corrected chi connectivity index (χ1v) is 8.07. The van der Waals surface area contributed by atoms with Crippen molar-refractivity contribution in [3.05, 3.63) is 0 Å². The fourth-order valence-corrected chi connectivity index (χ4v) is 2.64. The predicted octanol–water partition coefficient (Wildman–Crippen LogP) is 5.41. The fraction of sp³-hybridized carbons (Fsp3) is 1.00. The Morgan fingerprint density at radius 3 is 1.89 bits per heavy atom. The third-order valence-corrected chi connectivity index (χ3v) is 4.03. The van der Waals surface area contributed by atoms with E-state index in [-0.39, 0.29) is 5.60 Å². The summed E-state index contributed by atoms with van der Waals surface area (Å²) < 4.78 is 0. The Hall–Kier alpha value is -0.0800. The monoisotopic (exact) mass is 256 g/mol. The number of unbranched alkanes of at least 4 members (excludes halogenated alkanes) is 9. The van der Waals surface area contributed by atoms with Crippen LogP contribution in [-0.2, 0) is 9.78 Å². The average Bonchev–Trinajstić information content (AvgIpc) is 2.79. The molecular formula is C16H32O2. The molecule has 1 heterocycles. The maximum absolute atomic E-state index is 5.32. The minimum Gasteiger partial charge on any atom is -0.236 e. The average molecular weight is 256 g/mol. The van der Waals surface area contributed by atoms with Crippen molar-refractivity contribution in [3.8, 4) is 0 Å². The van der Waals surface area contributed by atoms with Gasteiger partial charge in [0, 0.05) is 6.42 Å². The first-order valence-electron chi connectivity index (χ1n) is 8.07. The molecule has 0 aromatic heterocycles. The Morgan fingerprint density at radius 1 is 0.833 bits per heavy atom. The van der Waals surface area contributed by atoms with Crippen molar-refractivity contribution < 1.29 is 9.78 Å². The van der Waals surface area contributed by atoms with E-state index in [2.05, 4.69) is 13.8 Å². The Balaban J connectivity index is 1.78. The molecule has 18 heavy (non-hydrogen) atoms. The van der Waals surface area contributed by atoms with Crippen molar-refractivity contribution in [3.63, 3.8) is 0 Å². The molecule has 0 aromatic rings. The predicted molar refractivity (Wildman–Crippen MR) is 76.5 cm³/mol. The lowest BCUT2D eigenvalue weighted by molar-refractivity contribution is -0.305. The lowest BCUT2D eigenvalue weighted by Gasteiger charge is -2.19. The minimum absolute atomic E-state index is 0.0140. The van der Waals surface area contributed by atoms with Crippen molar-refractivity contribution in [1.82, 2.24) is 0 Å². The molecule has 0 aliphatic carbocycles. The first kappa shape index (κ1) is 16.0. The van der Waals surface area contributed by atoms with Crippen LogP contribution < -0.4 is 0 Å². The van der Waals surface area contributed by atoms with Gasteiger partial charge in [0.15, 0.2) is 0 Å². The molecule has 2 heteroatoms. The van der Waals surface area contributed by atoms with Crippen molar-refractivity contribution in [2.45, 2.75) is 96.5 Å². The third kappa shape index (κ3) is 7.38. The van der Waals surface area contributed by atoms with E-state index in [0.29, 0.717) is 0 Å². The smallest absolute Gasteiger partial charge is 0.103 e. The summed E-state index contributed by atoms with van der Waals surface area (Å²) >= 11 is 0. The quantitative estimate of drug-likeness (QED) is 0.363. The van der Waals surface area contributed by atoms with E-state index in [4.69, 9.17) is 9.78 Å². The first-order chi connectivity index (χ1) is 8.77. The Labute approximate surface area is 113 Å². The zero-order valence-corrected chi connectivity index (χ0v) is 12.5. The van der Waals surface area contributed by atoms with E-state index in [1.807, 2.05) is 0 Å². The van der Waals surface area contributed by atoms with Gasteiger partial charge in [-0.2, -0.15) is 0 Å².